The van der Waals surface area contributed by atoms with E-state index in [4.69, 9.17) is 16.7 Å². The van der Waals surface area contributed by atoms with Crippen molar-refractivity contribution in [2.45, 2.75) is 26.1 Å². The van der Waals surface area contributed by atoms with Gasteiger partial charge in [0.15, 0.2) is 0 Å². The van der Waals surface area contributed by atoms with Crippen LogP contribution in [0.15, 0.2) is 30.5 Å². The lowest BCUT2D eigenvalue weighted by atomic mass is 10.2. The molecule has 1 aromatic carbocycles. The molecule has 0 bridgehead atoms. The highest BCUT2D eigenvalue weighted by Gasteiger charge is 2.34. The molecular weight excluding hydrogens is 343 g/mol. The lowest BCUT2D eigenvalue weighted by Gasteiger charge is -2.10. The maximum Gasteiger partial charge on any atom is 0.417 e. The summed E-state index contributed by atoms with van der Waals surface area (Å²) in [4.78, 5) is 8.53. The molecule has 0 radical (unpaired) electrons. The molecule has 3 aromatic rings. The van der Waals surface area contributed by atoms with Gasteiger partial charge >= 0.3 is 6.18 Å². The van der Waals surface area contributed by atoms with Crippen LogP contribution in [0.5, 0.6) is 0 Å². The van der Waals surface area contributed by atoms with Crippen LogP contribution in [-0.2, 0) is 19.2 Å². The van der Waals surface area contributed by atoms with E-state index in [0.717, 1.165) is 6.07 Å². The maximum absolute atomic E-state index is 13.0. The van der Waals surface area contributed by atoms with Gasteiger partial charge in [0.25, 0.3) is 0 Å². The first kappa shape index (κ1) is 16.7. The van der Waals surface area contributed by atoms with Crippen LogP contribution in [-0.4, -0.2) is 19.6 Å². The highest BCUT2D eigenvalue weighted by Crippen LogP contribution is 2.37. The SMILES string of the molecule is CCc1nc2cc(C(F)(F)F)c(Cl)cc2n1-c1ccc(CO)cn1. The van der Waals surface area contributed by atoms with Crippen LogP contribution in [0.1, 0.15) is 23.9 Å². The molecule has 0 amide bonds. The predicted octanol–water partition coefficient (Wildman–Crippen LogP) is 4.15. The van der Waals surface area contributed by atoms with Crippen LogP contribution in [0.3, 0.4) is 0 Å². The Hall–Kier alpha value is -2.12. The summed E-state index contributed by atoms with van der Waals surface area (Å²) >= 11 is 5.83. The van der Waals surface area contributed by atoms with Crippen molar-refractivity contribution in [3.63, 3.8) is 0 Å². The summed E-state index contributed by atoms with van der Waals surface area (Å²) in [5.41, 5.74) is 0.386. The van der Waals surface area contributed by atoms with Crippen LogP contribution in [0.2, 0.25) is 5.02 Å². The van der Waals surface area contributed by atoms with Gasteiger partial charge in [0, 0.05) is 12.6 Å². The number of imidazole rings is 1. The van der Waals surface area contributed by atoms with E-state index in [-0.39, 0.29) is 17.1 Å². The molecule has 8 heteroatoms. The monoisotopic (exact) mass is 355 g/mol. The number of aromatic nitrogens is 3. The molecular formula is C16H13ClF3N3O. The van der Waals surface area contributed by atoms with Gasteiger partial charge in [-0.15, -0.1) is 0 Å². The van der Waals surface area contributed by atoms with Crippen molar-refractivity contribution < 1.29 is 18.3 Å². The molecule has 0 fully saturated rings. The molecule has 2 aromatic heterocycles. The third-order valence-electron chi connectivity index (χ3n) is 3.66. The van der Waals surface area contributed by atoms with Gasteiger partial charge in [0.2, 0.25) is 0 Å². The molecule has 126 valence electrons. The van der Waals surface area contributed by atoms with Crippen molar-refractivity contribution in [2.24, 2.45) is 0 Å². The molecule has 0 saturated heterocycles. The second-order valence-corrected chi connectivity index (χ2v) is 5.63. The Morgan fingerprint density at radius 3 is 2.54 bits per heavy atom. The van der Waals surface area contributed by atoms with E-state index in [2.05, 4.69) is 9.97 Å². The fourth-order valence-corrected chi connectivity index (χ4v) is 2.77. The first-order chi connectivity index (χ1) is 11.3. The zero-order chi connectivity index (χ0) is 17.5. The number of hydrogen-bond donors (Lipinski definition) is 1. The summed E-state index contributed by atoms with van der Waals surface area (Å²) in [6.07, 6.45) is -2.52. The molecule has 1 N–H and O–H groups in total. The van der Waals surface area contributed by atoms with Crippen LogP contribution in [0, 0.1) is 0 Å². The lowest BCUT2D eigenvalue weighted by Crippen LogP contribution is -2.06. The second kappa shape index (κ2) is 6.07. The van der Waals surface area contributed by atoms with Crippen molar-refractivity contribution in [3.05, 3.63) is 52.4 Å². The number of alkyl halides is 3. The summed E-state index contributed by atoms with van der Waals surface area (Å²) in [7, 11) is 0. The average Bonchev–Trinajstić information content (AvgIpc) is 2.90. The van der Waals surface area contributed by atoms with Gasteiger partial charge in [-0.05, 0) is 23.8 Å². The zero-order valence-corrected chi connectivity index (χ0v) is 13.4. The van der Waals surface area contributed by atoms with Crippen LogP contribution >= 0.6 is 11.6 Å². The fourth-order valence-electron chi connectivity index (χ4n) is 2.50. The molecule has 24 heavy (non-hydrogen) atoms. The van der Waals surface area contributed by atoms with E-state index < -0.39 is 11.7 Å². The number of benzene rings is 1. The van der Waals surface area contributed by atoms with Crippen molar-refractivity contribution in [1.29, 1.82) is 0 Å². The summed E-state index contributed by atoms with van der Waals surface area (Å²) in [5, 5.41) is 8.71. The smallest absolute Gasteiger partial charge is 0.392 e. The third-order valence-corrected chi connectivity index (χ3v) is 3.97. The molecule has 0 aliphatic carbocycles. The Morgan fingerprint density at radius 2 is 2.00 bits per heavy atom. The van der Waals surface area contributed by atoms with Crippen molar-refractivity contribution >= 4 is 22.6 Å². The molecule has 0 aliphatic rings. The maximum atomic E-state index is 13.0. The van der Waals surface area contributed by atoms with Gasteiger partial charge in [-0.25, -0.2) is 9.97 Å². The number of fused-ring (bicyclic) bond motifs is 1. The van der Waals surface area contributed by atoms with Gasteiger partial charge in [-0.1, -0.05) is 24.6 Å². The second-order valence-electron chi connectivity index (χ2n) is 5.22. The fraction of sp³-hybridized carbons (Fsp3) is 0.250. The number of hydrogen-bond acceptors (Lipinski definition) is 3. The predicted molar refractivity (Wildman–Crippen MR) is 84.2 cm³/mol. The van der Waals surface area contributed by atoms with Crippen LogP contribution in [0.25, 0.3) is 16.9 Å². The van der Waals surface area contributed by atoms with Gasteiger partial charge < -0.3 is 5.11 Å². The Bertz CT molecular complexity index is 888. The number of pyridine rings is 1. The van der Waals surface area contributed by atoms with Crippen molar-refractivity contribution in [1.82, 2.24) is 14.5 Å². The molecule has 0 saturated carbocycles. The van der Waals surface area contributed by atoms with Gasteiger partial charge in [-0.3, -0.25) is 4.57 Å². The normalized spacial score (nSPS) is 12.1. The number of halogens is 4. The number of nitrogens with zero attached hydrogens (tertiary/aromatic N) is 3. The van der Waals surface area contributed by atoms with E-state index in [1.165, 1.54) is 12.3 Å². The van der Waals surface area contributed by atoms with E-state index >= 15 is 0 Å². The molecule has 0 aliphatic heterocycles. The molecule has 4 nitrogen and oxygen atoms in total. The molecule has 3 rings (SSSR count). The van der Waals surface area contributed by atoms with E-state index in [1.807, 2.05) is 6.92 Å². The molecule has 0 unspecified atom stereocenters. The van der Waals surface area contributed by atoms with E-state index in [0.29, 0.717) is 29.1 Å². The lowest BCUT2D eigenvalue weighted by molar-refractivity contribution is -0.137. The van der Waals surface area contributed by atoms with Crippen LogP contribution in [0.4, 0.5) is 13.2 Å². The minimum atomic E-state index is -4.54. The third kappa shape index (κ3) is 2.85. The first-order valence-electron chi connectivity index (χ1n) is 7.19. The van der Waals surface area contributed by atoms with Gasteiger partial charge in [-0.2, -0.15) is 13.2 Å². The van der Waals surface area contributed by atoms with Gasteiger partial charge in [0.1, 0.15) is 11.6 Å². The number of aryl methyl sites for hydroxylation is 1. The van der Waals surface area contributed by atoms with Crippen molar-refractivity contribution in [3.8, 4) is 5.82 Å². The Labute approximate surface area is 140 Å². The summed E-state index contributed by atoms with van der Waals surface area (Å²) in [6, 6.07) is 5.58. The minimum Gasteiger partial charge on any atom is -0.392 e. The van der Waals surface area contributed by atoms with Gasteiger partial charge in [0.05, 0.1) is 28.2 Å². The Balaban J connectivity index is 2.25. The largest absolute Gasteiger partial charge is 0.417 e. The number of aliphatic hydroxyl groups excluding tert-OH is 1. The topological polar surface area (TPSA) is 50.9 Å². The Kier molecular flexibility index (Phi) is 4.23. The van der Waals surface area contributed by atoms with E-state index in [1.54, 1.807) is 16.7 Å². The molecule has 2 heterocycles. The number of aliphatic hydroxyl groups is 1. The van der Waals surface area contributed by atoms with Crippen LogP contribution < -0.4 is 0 Å². The standard InChI is InChI=1S/C16H13ClF3N3O/c1-2-14-22-12-5-10(16(18,19)20)11(17)6-13(12)23(14)15-4-3-9(8-24)7-21-15/h3-7,24H,2,8H2,1H3. The zero-order valence-electron chi connectivity index (χ0n) is 12.6. The van der Waals surface area contributed by atoms with Crippen molar-refractivity contribution in [2.75, 3.05) is 0 Å². The quantitative estimate of drug-likeness (QED) is 0.768. The van der Waals surface area contributed by atoms with E-state index in [9.17, 15) is 13.2 Å². The first-order valence-corrected chi connectivity index (χ1v) is 7.57. The highest BCUT2D eigenvalue weighted by molar-refractivity contribution is 6.32. The summed E-state index contributed by atoms with van der Waals surface area (Å²) in [6.45, 7) is 1.71. The summed E-state index contributed by atoms with van der Waals surface area (Å²) < 4.78 is 40.7. The number of rotatable bonds is 3. The summed E-state index contributed by atoms with van der Waals surface area (Å²) in [5.74, 6) is 1.08. The molecule has 0 spiro atoms. The molecule has 0 atom stereocenters. The Morgan fingerprint density at radius 1 is 1.25 bits per heavy atom. The average molecular weight is 356 g/mol. The minimum absolute atomic E-state index is 0.140. The highest BCUT2D eigenvalue weighted by atomic mass is 35.5.